The third kappa shape index (κ3) is 5.24. The van der Waals surface area contributed by atoms with Crippen LogP contribution in [0.1, 0.15) is 25.7 Å². The van der Waals surface area contributed by atoms with Crippen molar-refractivity contribution in [2.24, 2.45) is 0 Å². The molecule has 6 nitrogen and oxygen atoms in total. The first kappa shape index (κ1) is 17.2. The van der Waals surface area contributed by atoms with Crippen LogP contribution in [-0.4, -0.2) is 38.3 Å². The van der Waals surface area contributed by atoms with E-state index < -0.39 is 10.2 Å². The van der Waals surface area contributed by atoms with Crippen LogP contribution in [0.5, 0.6) is 0 Å². The Morgan fingerprint density at radius 2 is 1.82 bits per heavy atom. The molecule has 22 heavy (non-hydrogen) atoms. The van der Waals surface area contributed by atoms with Crippen molar-refractivity contribution in [1.82, 2.24) is 9.03 Å². The van der Waals surface area contributed by atoms with E-state index in [0.29, 0.717) is 30.2 Å². The van der Waals surface area contributed by atoms with Gasteiger partial charge in [-0.15, -0.1) is 0 Å². The number of anilines is 1. The first-order valence-corrected chi connectivity index (χ1v) is 9.09. The summed E-state index contributed by atoms with van der Waals surface area (Å²) in [4.78, 5) is 11.7. The molecule has 1 aliphatic heterocycles. The van der Waals surface area contributed by atoms with E-state index in [1.807, 2.05) is 0 Å². The molecular formula is C14H20ClN3O3S. The van der Waals surface area contributed by atoms with E-state index in [0.717, 1.165) is 12.8 Å². The van der Waals surface area contributed by atoms with Gasteiger partial charge in [-0.25, -0.2) is 4.72 Å². The average Bonchev–Trinajstić information content (AvgIpc) is 3.01. The standard InChI is InChI=1S/C14H20ClN3O3S/c15-12-5-7-13(8-6-12)17-14(19)4-3-9-16-22(20,21)18-10-1-2-11-18/h5-8,16H,1-4,9-11H2,(H,17,19). The maximum absolute atomic E-state index is 11.9. The zero-order chi connectivity index (χ0) is 16.0. The number of halogens is 1. The third-order valence-electron chi connectivity index (χ3n) is 3.40. The molecule has 0 aromatic heterocycles. The second kappa shape index (κ2) is 7.92. The van der Waals surface area contributed by atoms with E-state index in [4.69, 9.17) is 11.6 Å². The summed E-state index contributed by atoms with van der Waals surface area (Å²) < 4.78 is 27.8. The van der Waals surface area contributed by atoms with Crippen LogP contribution in [0, 0.1) is 0 Å². The number of nitrogens with zero attached hydrogens (tertiary/aromatic N) is 1. The molecule has 0 radical (unpaired) electrons. The topological polar surface area (TPSA) is 78.5 Å². The molecule has 0 atom stereocenters. The Balaban J connectivity index is 1.67. The highest BCUT2D eigenvalue weighted by Crippen LogP contribution is 2.14. The normalized spacial score (nSPS) is 15.9. The van der Waals surface area contributed by atoms with Gasteiger partial charge in [0.2, 0.25) is 5.91 Å². The Hall–Kier alpha value is -1.15. The lowest BCUT2D eigenvalue weighted by Gasteiger charge is -2.15. The molecule has 122 valence electrons. The minimum Gasteiger partial charge on any atom is -0.326 e. The van der Waals surface area contributed by atoms with E-state index in [1.165, 1.54) is 4.31 Å². The van der Waals surface area contributed by atoms with Crippen molar-refractivity contribution in [3.63, 3.8) is 0 Å². The maximum atomic E-state index is 11.9. The summed E-state index contributed by atoms with van der Waals surface area (Å²) >= 11 is 5.77. The van der Waals surface area contributed by atoms with E-state index in [2.05, 4.69) is 10.0 Å². The van der Waals surface area contributed by atoms with Crippen LogP contribution in [0.15, 0.2) is 24.3 Å². The van der Waals surface area contributed by atoms with E-state index >= 15 is 0 Å². The van der Waals surface area contributed by atoms with Crippen molar-refractivity contribution in [3.8, 4) is 0 Å². The number of hydrogen-bond donors (Lipinski definition) is 2. The van der Waals surface area contributed by atoms with Gasteiger partial charge in [0.25, 0.3) is 10.2 Å². The van der Waals surface area contributed by atoms with Gasteiger partial charge < -0.3 is 5.32 Å². The van der Waals surface area contributed by atoms with E-state index in [-0.39, 0.29) is 18.9 Å². The Morgan fingerprint density at radius 3 is 2.45 bits per heavy atom. The minimum atomic E-state index is -3.38. The van der Waals surface area contributed by atoms with Crippen LogP contribution < -0.4 is 10.0 Å². The summed E-state index contributed by atoms with van der Waals surface area (Å²) in [5.74, 6) is -0.150. The van der Waals surface area contributed by atoms with Crippen LogP contribution in [0.2, 0.25) is 5.02 Å². The second-order valence-corrected chi connectivity index (χ2v) is 7.36. The van der Waals surface area contributed by atoms with Crippen molar-refractivity contribution in [1.29, 1.82) is 0 Å². The van der Waals surface area contributed by atoms with Crippen molar-refractivity contribution >= 4 is 33.4 Å². The summed E-state index contributed by atoms with van der Waals surface area (Å²) in [7, 11) is -3.38. The molecule has 1 aliphatic rings. The molecule has 0 bridgehead atoms. The van der Waals surface area contributed by atoms with Gasteiger partial charge in [-0.2, -0.15) is 12.7 Å². The Kier molecular flexibility index (Phi) is 6.19. The summed E-state index contributed by atoms with van der Waals surface area (Å²) in [6, 6.07) is 6.83. The highest BCUT2D eigenvalue weighted by atomic mass is 35.5. The lowest BCUT2D eigenvalue weighted by molar-refractivity contribution is -0.116. The molecule has 2 rings (SSSR count). The quantitative estimate of drug-likeness (QED) is 0.742. The smallest absolute Gasteiger partial charge is 0.279 e. The van der Waals surface area contributed by atoms with Crippen molar-refractivity contribution in [3.05, 3.63) is 29.3 Å². The highest BCUT2D eigenvalue weighted by Gasteiger charge is 2.24. The molecule has 0 saturated carbocycles. The first-order chi connectivity index (χ1) is 10.5. The zero-order valence-electron chi connectivity index (χ0n) is 12.2. The molecule has 1 heterocycles. The number of carbonyl (C=O) groups excluding carboxylic acids is 1. The molecule has 1 saturated heterocycles. The van der Waals surface area contributed by atoms with Gasteiger partial charge >= 0.3 is 0 Å². The van der Waals surface area contributed by atoms with Crippen molar-refractivity contribution in [2.75, 3.05) is 25.0 Å². The molecular weight excluding hydrogens is 326 g/mol. The lowest BCUT2D eigenvalue weighted by Crippen LogP contribution is -2.39. The molecule has 0 spiro atoms. The second-order valence-electron chi connectivity index (χ2n) is 5.16. The first-order valence-electron chi connectivity index (χ1n) is 7.27. The number of benzene rings is 1. The molecule has 0 aliphatic carbocycles. The van der Waals surface area contributed by atoms with E-state index in [1.54, 1.807) is 24.3 Å². The predicted octanol–water partition coefficient (Wildman–Crippen LogP) is 1.99. The Bertz CT molecular complexity index is 598. The van der Waals surface area contributed by atoms with Crippen molar-refractivity contribution < 1.29 is 13.2 Å². The van der Waals surface area contributed by atoms with E-state index in [9.17, 15) is 13.2 Å². The van der Waals surface area contributed by atoms with Gasteiger partial charge in [0, 0.05) is 36.8 Å². The number of amides is 1. The third-order valence-corrected chi connectivity index (χ3v) is 5.26. The summed E-state index contributed by atoms with van der Waals surface area (Å²) in [5, 5.41) is 3.34. The fourth-order valence-electron chi connectivity index (χ4n) is 2.23. The summed E-state index contributed by atoms with van der Waals surface area (Å²) in [6.45, 7) is 1.41. The number of hydrogen-bond acceptors (Lipinski definition) is 3. The van der Waals surface area contributed by atoms with Gasteiger partial charge in [-0.3, -0.25) is 4.79 Å². The van der Waals surface area contributed by atoms with Crippen molar-refractivity contribution in [2.45, 2.75) is 25.7 Å². The average molecular weight is 346 g/mol. The zero-order valence-corrected chi connectivity index (χ0v) is 13.8. The van der Waals surface area contributed by atoms with Gasteiger partial charge in [-0.1, -0.05) is 11.6 Å². The minimum absolute atomic E-state index is 0.150. The molecule has 2 N–H and O–H groups in total. The molecule has 1 aromatic carbocycles. The summed E-state index contributed by atoms with van der Waals surface area (Å²) in [6.07, 6.45) is 2.52. The monoisotopic (exact) mass is 345 g/mol. The summed E-state index contributed by atoms with van der Waals surface area (Å²) in [5.41, 5.74) is 0.673. The van der Waals surface area contributed by atoms with Crippen LogP contribution in [0.25, 0.3) is 0 Å². The number of carbonyl (C=O) groups is 1. The molecule has 8 heteroatoms. The van der Waals surface area contributed by atoms with Gasteiger partial charge in [0.1, 0.15) is 0 Å². The van der Waals surface area contributed by atoms with Gasteiger partial charge in [0.15, 0.2) is 0 Å². The predicted molar refractivity (Wildman–Crippen MR) is 87.0 cm³/mol. The number of nitrogens with one attached hydrogen (secondary N) is 2. The Morgan fingerprint density at radius 1 is 1.18 bits per heavy atom. The largest absolute Gasteiger partial charge is 0.326 e. The van der Waals surface area contributed by atoms with Crippen LogP contribution in [0.4, 0.5) is 5.69 Å². The molecule has 1 fully saturated rings. The Labute approximate surface area is 136 Å². The fourth-order valence-corrected chi connectivity index (χ4v) is 3.68. The van der Waals surface area contributed by atoms with Crippen LogP contribution >= 0.6 is 11.6 Å². The molecule has 1 aromatic rings. The maximum Gasteiger partial charge on any atom is 0.279 e. The number of rotatable bonds is 7. The fraction of sp³-hybridized carbons (Fsp3) is 0.500. The van der Waals surface area contributed by atoms with Crippen LogP contribution in [0.3, 0.4) is 0 Å². The highest BCUT2D eigenvalue weighted by molar-refractivity contribution is 7.87. The SMILES string of the molecule is O=C(CCCNS(=O)(=O)N1CCCC1)Nc1ccc(Cl)cc1. The lowest BCUT2D eigenvalue weighted by atomic mass is 10.2. The van der Waals surface area contributed by atoms with Gasteiger partial charge in [0.05, 0.1) is 0 Å². The molecule has 1 amide bonds. The van der Waals surface area contributed by atoms with Crippen LogP contribution in [-0.2, 0) is 15.0 Å². The van der Waals surface area contributed by atoms with Gasteiger partial charge in [-0.05, 0) is 43.5 Å². The molecule has 0 unspecified atom stereocenters.